The van der Waals surface area contributed by atoms with Crippen LogP contribution in [0.1, 0.15) is 10.4 Å². The molecular weight excluding hydrogens is 198 g/mol. The van der Waals surface area contributed by atoms with E-state index in [0.29, 0.717) is 0 Å². The molecule has 0 radical (unpaired) electrons. The van der Waals surface area contributed by atoms with Crippen LogP contribution in [-0.2, 0) is 0 Å². The second kappa shape index (κ2) is 3.12. The number of carboxylic acids is 1. The Morgan fingerprint density at radius 1 is 1.36 bits per heavy atom. The topological polar surface area (TPSA) is 146 Å². The fourth-order valence-electron chi connectivity index (χ4n) is 0.810. The predicted octanol–water partition coefficient (Wildman–Crippen LogP) is -1.33. The molecule has 0 bridgehead atoms. The maximum atomic E-state index is 10.8. The van der Waals surface area contributed by atoms with Gasteiger partial charge >= 0.3 is 17.5 Å². The molecule has 0 unspecified atom stereocenters. The van der Waals surface area contributed by atoms with Crippen molar-refractivity contribution in [3.8, 4) is 0 Å². The highest BCUT2D eigenvalue weighted by Crippen LogP contribution is 2.06. The lowest BCUT2D eigenvalue weighted by molar-refractivity contribution is -0.390. The summed E-state index contributed by atoms with van der Waals surface area (Å²) in [5, 5.41) is 18.7. The standard InChI is InChI=1S/C5H3N3O6/c9-3-1(4(10)11)2(8(13)14)6-5(12)7-3/h(H,10,11)(H2,6,7,9,12). The van der Waals surface area contributed by atoms with Crippen LogP contribution in [0, 0.1) is 10.1 Å². The molecule has 1 heterocycles. The Labute approximate surface area is 74.2 Å². The molecule has 0 saturated heterocycles. The zero-order chi connectivity index (χ0) is 10.9. The quantitative estimate of drug-likeness (QED) is 0.399. The molecule has 74 valence electrons. The van der Waals surface area contributed by atoms with Crippen LogP contribution in [0.15, 0.2) is 9.59 Å². The van der Waals surface area contributed by atoms with Gasteiger partial charge < -0.3 is 15.2 Å². The van der Waals surface area contributed by atoms with Crippen LogP contribution in [0.3, 0.4) is 0 Å². The van der Waals surface area contributed by atoms with Gasteiger partial charge in [0.05, 0.1) is 0 Å². The normalized spacial score (nSPS) is 9.71. The average Bonchev–Trinajstić information content (AvgIpc) is 2.01. The van der Waals surface area contributed by atoms with Gasteiger partial charge in [-0.15, -0.1) is 0 Å². The highest BCUT2D eigenvalue weighted by molar-refractivity contribution is 5.90. The van der Waals surface area contributed by atoms with Crippen molar-refractivity contribution in [3.05, 3.63) is 36.5 Å². The largest absolute Gasteiger partial charge is 0.477 e. The van der Waals surface area contributed by atoms with Gasteiger partial charge in [-0.2, -0.15) is 4.98 Å². The zero-order valence-electron chi connectivity index (χ0n) is 6.44. The summed E-state index contributed by atoms with van der Waals surface area (Å²) in [5.74, 6) is -2.92. The minimum Gasteiger partial charge on any atom is -0.477 e. The Bertz CT molecular complexity index is 511. The molecule has 0 aliphatic carbocycles. The zero-order valence-corrected chi connectivity index (χ0v) is 6.44. The molecule has 1 rings (SSSR count). The number of nitro groups is 1. The molecule has 0 atom stereocenters. The first-order valence-electron chi connectivity index (χ1n) is 3.17. The maximum Gasteiger partial charge on any atom is 0.413 e. The van der Waals surface area contributed by atoms with Gasteiger partial charge in [-0.3, -0.25) is 9.78 Å². The van der Waals surface area contributed by atoms with E-state index in [2.05, 4.69) is 0 Å². The molecule has 14 heavy (non-hydrogen) atoms. The van der Waals surface area contributed by atoms with Gasteiger partial charge in [-0.05, 0) is 4.92 Å². The summed E-state index contributed by atoms with van der Waals surface area (Å²) in [6.45, 7) is 0. The summed E-state index contributed by atoms with van der Waals surface area (Å²) >= 11 is 0. The van der Waals surface area contributed by atoms with Crippen molar-refractivity contribution in [1.29, 1.82) is 0 Å². The van der Waals surface area contributed by atoms with E-state index in [1.807, 2.05) is 0 Å². The van der Waals surface area contributed by atoms with Gasteiger partial charge in [0.15, 0.2) is 0 Å². The number of aromatic carboxylic acids is 1. The van der Waals surface area contributed by atoms with Crippen LogP contribution in [0.2, 0.25) is 0 Å². The summed E-state index contributed by atoms with van der Waals surface area (Å²) in [4.78, 5) is 44.1. The fourth-order valence-corrected chi connectivity index (χ4v) is 0.810. The third-order valence-electron chi connectivity index (χ3n) is 1.32. The number of carboxylic acid groups (broad SMARTS) is 1. The Morgan fingerprint density at radius 2 is 1.93 bits per heavy atom. The van der Waals surface area contributed by atoms with Crippen molar-refractivity contribution in [2.24, 2.45) is 0 Å². The number of nitrogens with zero attached hydrogens (tertiary/aromatic N) is 1. The Hall–Kier alpha value is -2.45. The monoisotopic (exact) mass is 201 g/mol. The summed E-state index contributed by atoms with van der Waals surface area (Å²) in [6, 6.07) is 0. The minimum absolute atomic E-state index is 1.10. The van der Waals surface area contributed by atoms with Crippen LogP contribution >= 0.6 is 0 Å². The summed E-state index contributed by atoms with van der Waals surface area (Å²) in [6.07, 6.45) is 0. The number of carbonyl (C=O) groups is 1. The lowest BCUT2D eigenvalue weighted by Gasteiger charge is -1.96. The number of hydrogen-bond acceptors (Lipinski definition) is 5. The molecule has 0 spiro atoms. The molecule has 0 aliphatic rings. The summed E-state index contributed by atoms with van der Waals surface area (Å²) in [5.41, 5.74) is -3.55. The van der Waals surface area contributed by atoms with E-state index in [9.17, 15) is 24.5 Å². The molecule has 0 amide bonds. The molecule has 9 nitrogen and oxygen atoms in total. The third-order valence-corrected chi connectivity index (χ3v) is 1.32. The van der Waals surface area contributed by atoms with Crippen LogP contribution in [0.4, 0.5) is 5.82 Å². The Morgan fingerprint density at radius 3 is 2.36 bits per heavy atom. The SMILES string of the molecule is O=C(O)c1c([N+](=O)[O-])[nH]c(=O)[nH]c1=O. The molecule has 0 saturated carbocycles. The van der Waals surface area contributed by atoms with Crippen molar-refractivity contribution in [1.82, 2.24) is 9.97 Å². The van der Waals surface area contributed by atoms with Crippen LogP contribution in [0.25, 0.3) is 0 Å². The second-order valence-corrected chi connectivity index (χ2v) is 2.19. The third kappa shape index (κ3) is 1.50. The lowest BCUT2D eigenvalue weighted by atomic mass is 10.3. The minimum atomic E-state index is -1.78. The first kappa shape index (κ1) is 9.64. The highest BCUT2D eigenvalue weighted by Gasteiger charge is 2.24. The van der Waals surface area contributed by atoms with Crippen molar-refractivity contribution < 1.29 is 14.8 Å². The predicted molar refractivity (Wildman–Crippen MR) is 41.3 cm³/mol. The van der Waals surface area contributed by atoms with Crippen molar-refractivity contribution in [2.75, 3.05) is 0 Å². The smallest absolute Gasteiger partial charge is 0.413 e. The van der Waals surface area contributed by atoms with Crippen LogP contribution in [0.5, 0.6) is 0 Å². The van der Waals surface area contributed by atoms with E-state index in [4.69, 9.17) is 5.11 Å². The Kier molecular flexibility index (Phi) is 2.15. The van der Waals surface area contributed by atoms with E-state index in [-0.39, 0.29) is 0 Å². The van der Waals surface area contributed by atoms with Gasteiger partial charge in [0.25, 0.3) is 5.56 Å². The molecule has 0 fully saturated rings. The molecule has 0 aromatic carbocycles. The van der Waals surface area contributed by atoms with E-state index in [1.165, 1.54) is 0 Å². The lowest BCUT2D eigenvalue weighted by Crippen LogP contribution is -2.29. The van der Waals surface area contributed by atoms with E-state index < -0.39 is 33.5 Å². The number of rotatable bonds is 2. The first-order valence-corrected chi connectivity index (χ1v) is 3.17. The van der Waals surface area contributed by atoms with Crippen LogP contribution < -0.4 is 11.2 Å². The van der Waals surface area contributed by atoms with Crippen molar-refractivity contribution in [2.45, 2.75) is 0 Å². The first-order chi connectivity index (χ1) is 6.43. The Balaban J connectivity index is 3.70. The molecule has 1 aromatic heterocycles. The van der Waals surface area contributed by atoms with E-state index in [0.717, 1.165) is 0 Å². The average molecular weight is 201 g/mol. The van der Waals surface area contributed by atoms with Crippen LogP contribution in [-0.4, -0.2) is 26.0 Å². The number of H-pyrrole nitrogens is 2. The van der Waals surface area contributed by atoms with Gasteiger partial charge in [-0.1, -0.05) is 0 Å². The number of aromatic amines is 2. The maximum absolute atomic E-state index is 10.8. The molecule has 1 aromatic rings. The van der Waals surface area contributed by atoms with E-state index >= 15 is 0 Å². The van der Waals surface area contributed by atoms with E-state index in [1.54, 1.807) is 9.97 Å². The van der Waals surface area contributed by atoms with Gasteiger partial charge in [0.2, 0.25) is 5.56 Å². The summed E-state index contributed by atoms with van der Waals surface area (Å²) in [7, 11) is 0. The van der Waals surface area contributed by atoms with Crippen molar-refractivity contribution in [3.63, 3.8) is 0 Å². The fraction of sp³-hybridized carbons (Fsp3) is 0. The number of nitrogens with one attached hydrogen (secondary N) is 2. The molecule has 0 aliphatic heterocycles. The molecule has 9 heteroatoms. The van der Waals surface area contributed by atoms with Gasteiger partial charge in [-0.25, -0.2) is 9.59 Å². The van der Waals surface area contributed by atoms with Gasteiger partial charge in [0, 0.05) is 0 Å². The number of aromatic nitrogens is 2. The molecule has 3 N–H and O–H groups in total. The van der Waals surface area contributed by atoms with Crippen molar-refractivity contribution >= 4 is 11.8 Å². The molecular formula is C5H3N3O6. The summed E-state index contributed by atoms with van der Waals surface area (Å²) < 4.78 is 0. The second-order valence-electron chi connectivity index (χ2n) is 2.19. The number of hydrogen-bond donors (Lipinski definition) is 3. The highest BCUT2D eigenvalue weighted by atomic mass is 16.6. The van der Waals surface area contributed by atoms with Gasteiger partial charge in [0.1, 0.15) is 0 Å².